The van der Waals surface area contributed by atoms with Gasteiger partial charge in [0.15, 0.2) is 22.0 Å². The number of aryl methyl sites for hydroxylation is 1. The van der Waals surface area contributed by atoms with E-state index in [0.29, 0.717) is 27.3 Å². The van der Waals surface area contributed by atoms with Crippen molar-refractivity contribution in [2.24, 2.45) is 7.05 Å². The second-order valence-corrected chi connectivity index (χ2v) is 8.72. The number of thioether (sulfide) groups is 1. The second-order valence-electron chi connectivity index (χ2n) is 6.50. The van der Waals surface area contributed by atoms with Gasteiger partial charge in [-0.1, -0.05) is 23.4 Å². The van der Waals surface area contributed by atoms with Crippen LogP contribution in [-0.2, 0) is 12.8 Å². The minimum Gasteiger partial charge on any atom is -0.483 e. The van der Waals surface area contributed by atoms with E-state index >= 15 is 0 Å². The molecular weight excluding hydrogens is 430 g/mol. The van der Waals surface area contributed by atoms with Crippen molar-refractivity contribution in [2.75, 3.05) is 0 Å². The zero-order valence-corrected chi connectivity index (χ0v) is 18.4. The summed E-state index contributed by atoms with van der Waals surface area (Å²) in [5.41, 5.74) is 1.59. The first kappa shape index (κ1) is 19.9. The minimum atomic E-state index is -0.285. The zero-order valence-electron chi connectivity index (χ0n) is 16.0. The van der Waals surface area contributed by atoms with Gasteiger partial charge in [0.05, 0.1) is 5.69 Å². The standard InChI is InChI=1S/C19H18ClN5O2S2/c1-11-8-14(4-5-15(11)20)27-12(2)17-22-23-19(24(17)3)29-10-13-9-16(26)25-6-7-28-18(25)21-13/h4-9,12H,10H2,1-3H3. The van der Waals surface area contributed by atoms with Crippen LogP contribution < -0.4 is 10.3 Å². The highest BCUT2D eigenvalue weighted by Gasteiger charge is 2.18. The lowest BCUT2D eigenvalue weighted by atomic mass is 10.2. The molecule has 0 N–H and O–H groups in total. The fourth-order valence-electron chi connectivity index (χ4n) is 2.85. The normalized spacial score (nSPS) is 12.4. The number of thiazole rings is 1. The number of nitrogens with zero attached hydrogens (tertiary/aromatic N) is 5. The summed E-state index contributed by atoms with van der Waals surface area (Å²) >= 11 is 8.99. The molecule has 29 heavy (non-hydrogen) atoms. The molecule has 1 atom stereocenters. The smallest absolute Gasteiger partial charge is 0.258 e. The lowest BCUT2D eigenvalue weighted by Gasteiger charge is -2.15. The van der Waals surface area contributed by atoms with Crippen molar-refractivity contribution < 1.29 is 4.74 Å². The first-order valence-corrected chi connectivity index (χ1v) is 11.1. The van der Waals surface area contributed by atoms with E-state index in [-0.39, 0.29) is 11.7 Å². The summed E-state index contributed by atoms with van der Waals surface area (Å²) in [5, 5.41) is 11.8. The zero-order chi connectivity index (χ0) is 20.5. The fourth-order valence-corrected chi connectivity index (χ4v) is 4.52. The van der Waals surface area contributed by atoms with E-state index < -0.39 is 0 Å². The Kier molecular flexibility index (Phi) is 5.62. The Morgan fingerprint density at radius 2 is 2.14 bits per heavy atom. The van der Waals surface area contributed by atoms with E-state index in [2.05, 4.69) is 15.2 Å². The number of rotatable bonds is 6. The van der Waals surface area contributed by atoms with Gasteiger partial charge in [0.2, 0.25) is 0 Å². The summed E-state index contributed by atoms with van der Waals surface area (Å²) in [6.45, 7) is 3.86. The molecule has 0 saturated heterocycles. The van der Waals surface area contributed by atoms with Gasteiger partial charge >= 0.3 is 0 Å². The Balaban J connectivity index is 1.47. The van der Waals surface area contributed by atoms with Gasteiger partial charge in [-0.3, -0.25) is 9.20 Å². The number of benzene rings is 1. The van der Waals surface area contributed by atoms with E-state index in [1.165, 1.54) is 27.5 Å². The maximum Gasteiger partial charge on any atom is 0.258 e. The average molecular weight is 448 g/mol. The summed E-state index contributed by atoms with van der Waals surface area (Å²) in [4.78, 5) is 17.3. The quantitative estimate of drug-likeness (QED) is 0.411. The van der Waals surface area contributed by atoms with Crippen LogP contribution in [0.25, 0.3) is 4.96 Å². The van der Waals surface area contributed by atoms with Gasteiger partial charge in [0.25, 0.3) is 5.56 Å². The average Bonchev–Trinajstić information content (AvgIpc) is 3.30. The first-order chi connectivity index (χ1) is 13.9. The minimum absolute atomic E-state index is 0.0780. The molecule has 4 aromatic rings. The number of hydrogen-bond donors (Lipinski definition) is 0. The third-order valence-corrected chi connectivity index (χ3v) is 6.61. The van der Waals surface area contributed by atoms with Gasteiger partial charge in [0.1, 0.15) is 5.75 Å². The van der Waals surface area contributed by atoms with Crippen molar-refractivity contribution >= 4 is 39.7 Å². The molecule has 1 unspecified atom stereocenters. The summed E-state index contributed by atoms with van der Waals surface area (Å²) in [7, 11) is 1.90. The van der Waals surface area contributed by atoms with Crippen molar-refractivity contribution in [1.29, 1.82) is 0 Å². The molecule has 0 aliphatic rings. The molecule has 4 rings (SSSR count). The third kappa shape index (κ3) is 4.17. The van der Waals surface area contributed by atoms with Gasteiger partial charge in [0, 0.05) is 35.5 Å². The van der Waals surface area contributed by atoms with E-state index in [0.717, 1.165) is 16.5 Å². The number of halogens is 1. The van der Waals surface area contributed by atoms with E-state index in [9.17, 15) is 4.79 Å². The molecule has 0 fully saturated rings. The van der Waals surface area contributed by atoms with Crippen molar-refractivity contribution in [3.63, 3.8) is 0 Å². The van der Waals surface area contributed by atoms with Gasteiger partial charge in [-0.25, -0.2) is 4.98 Å². The molecule has 0 radical (unpaired) electrons. The number of hydrogen-bond acceptors (Lipinski definition) is 7. The van der Waals surface area contributed by atoms with Crippen LogP contribution in [0.1, 0.15) is 30.1 Å². The van der Waals surface area contributed by atoms with Crippen LogP contribution in [0.15, 0.2) is 45.8 Å². The Bertz CT molecular complexity index is 1230. The Hall–Kier alpha value is -2.36. The topological polar surface area (TPSA) is 74.3 Å². The van der Waals surface area contributed by atoms with Gasteiger partial charge in [-0.15, -0.1) is 21.5 Å². The Morgan fingerprint density at radius 1 is 1.31 bits per heavy atom. The summed E-state index contributed by atoms with van der Waals surface area (Å²) in [6.07, 6.45) is 1.44. The van der Waals surface area contributed by atoms with Crippen molar-refractivity contribution in [1.82, 2.24) is 24.1 Å². The first-order valence-electron chi connectivity index (χ1n) is 8.83. The summed E-state index contributed by atoms with van der Waals surface area (Å²) in [5.74, 6) is 1.97. The highest BCUT2D eigenvalue weighted by atomic mass is 35.5. The highest BCUT2D eigenvalue weighted by Crippen LogP contribution is 2.27. The fraction of sp³-hybridized carbons (Fsp3) is 0.263. The molecule has 3 heterocycles. The predicted molar refractivity (Wildman–Crippen MR) is 115 cm³/mol. The van der Waals surface area contributed by atoms with Crippen LogP contribution in [0.2, 0.25) is 5.02 Å². The largest absolute Gasteiger partial charge is 0.483 e. The molecule has 0 bridgehead atoms. The molecule has 0 aliphatic heterocycles. The van der Waals surface area contributed by atoms with Crippen molar-refractivity contribution in [3.05, 3.63) is 68.3 Å². The lowest BCUT2D eigenvalue weighted by Crippen LogP contribution is -2.12. The molecule has 0 spiro atoms. The maximum atomic E-state index is 12.1. The molecule has 3 aromatic heterocycles. The van der Waals surface area contributed by atoms with Crippen LogP contribution in [-0.4, -0.2) is 24.1 Å². The molecule has 7 nitrogen and oxygen atoms in total. The van der Waals surface area contributed by atoms with Crippen LogP contribution in [0, 0.1) is 6.92 Å². The molecule has 0 amide bonds. The maximum absolute atomic E-state index is 12.1. The number of ether oxygens (including phenoxy) is 1. The SMILES string of the molecule is Cc1cc(OC(C)c2nnc(SCc3cc(=O)n4ccsc4n3)n2C)ccc1Cl. The third-order valence-electron chi connectivity index (χ3n) is 4.38. The lowest BCUT2D eigenvalue weighted by molar-refractivity contribution is 0.211. The number of aromatic nitrogens is 5. The molecule has 10 heteroatoms. The van der Waals surface area contributed by atoms with E-state index in [1.54, 1.807) is 12.3 Å². The van der Waals surface area contributed by atoms with Crippen molar-refractivity contribution in [3.8, 4) is 5.75 Å². The van der Waals surface area contributed by atoms with Crippen LogP contribution in [0.3, 0.4) is 0 Å². The summed E-state index contributed by atoms with van der Waals surface area (Å²) < 4.78 is 9.44. The molecule has 0 aliphatic carbocycles. The van der Waals surface area contributed by atoms with Crippen LogP contribution in [0.5, 0.6) is 5.75 Å². The van der Waals surface area contributed by atoms with Gasteiger partial charge in [-0.05, 0) is 37.6 Å². The van der Waals surface area contributed by atoms with Crippen molar-refractivity contribution in [2.45, 2.75) is 30.9 Å². The van der Waals surface area contributed by atoms with Gasteiger partial charge < -0.3 is 9.30 Å². The Labute approximate surface area is 180 Å². The second kappa shape index (κ2) is 8.17. The van der Waals surface area contributed by atoms with Crippen LogP contribution >= 0.6 is 34.7 Å². The predicted octanol–water partition coefficient (Wildman–Crippen LogP) is 4.28. The van der Waals surface area contributed by atoms with E-state index in [1.807, 2.05) is 49.0 Å². The number of fused-ring (bicyclic) bond motifs is 1. The monoisotopic (exact) mass is 447 g/mol. The molecular formula is C19H18ClN5O2S2. The Morgan fingerprint density at radius 3 is 2.93 bits per heavy atom. The van der Waals surface area contributed by atoms with Gasteiger partial charge in [-0.2, -0.15) is 0 Å². The summed E-state index contributed by atoms with van der Waals surface area (Å²) in [6, 6.07) is 7.11. The molecule has 0 saturated carbocycles. The molecule has 1 aromatic carbocycles. The molecule has 150 valence electrons. The van der Waals surface area contributed by atoms with Crippen LogP contribution in [0.4, 0.5) is 0 Å². The highest BCUT2D eigenvalue weighted by molar-refractivity contribution is 7.98. The van der Waals surface area contributed by atoms with E-state index in [4.69, 9.17) is 16.3 Å².